The van der Waals surface area contributed by atoms with E-state index in [4.69, 9.17) is 15.9 Å². The third-order valence-electron chi connectivity index (χ3n) is 5.02. The van der Waals surface area contributed by atoms with Crippen LogP contribution in [0, 0.1) is 12.3 Å². The number of ether oxygens (including phenoxy) is 2. The Morgan fingerprint density at radius 2 is 1.81 bits per heavy atom. The van der Waals surface area contributed by atoms with Crippen molar-refractivity contribution in [2.45, 2.75) is 22.1 Å². The van der Waals surface area contributed by atoms with E-state index < -0.39 is 9.84 Å². The molecule has 158 valence electrons. The lowest BCUT2D eigenvalue weighted by molar-refractivity contribution is -0.116. The lowest BCUT2D eigenvalue weighted by Gasteiger charge is -2.24. The highest BCUT2D eigenvalue weighted by Crippen LogP contribution is 2.46. The Morgan fingerprint density at radius 3 is 2.45 bits per heavy atom. The number of carbonyl (C=O) groups is 1. The van der Waals surface area contributed by atoms with Crippen LogP contribution >= 0.6 is 11.3 Å². The molecule has 8 heteroatoms. The zero-order valence-electron chi connectivity index (χ0n) is 16.6. The summed E-state index contributed by atoms with van der Waals surface area (Å²) in [6, 6.07) is 13.5. The van der Waals surface area contributed by atoms with Crippen molar-refractivity contribution in [3.8, 4) is 23.8 Å². The molecule has 6 nitrogen and oxygen atoms in total. The summed E-state index contributed by atoms with van der Waals surface area (Å²) in [7, 11) is -2.29. The van der Waals surface area contributed by atoms with Gasteiger partial charge in [0.2, 0.25) is 15.7 Å². The first-order chi connectivity index (χ1) is 14.9. The van der Waals surface area contributed by atoms with Crippen LogP contribution in [0.1, 0.15) is 22.8 Å². The predicted octanol–water partition coefficient (Wildman–Crippen LogP) is 4.08. The first kappa shape index (κ1) is 21.0. The van der Waals surface area contributed by atoms with E-state index in [-0.39, 0.29) is 34.6 Å². The normalized spacial score (nSPS) is 15.5. The van der Waals surface area contributed by atoms with Gasteiger partial charge >= 0.3 is 0 Å². The van der Waals surface area contributed by atoms with E-state index in [2.05, 4.69) is 11.2 Å². The summed E-state index contributed by atoms with van der Waals surface area (Å²) in [5, 5.41) is 4.36. The van der Waals surface area contributed by atoms with E-state index in [0.717, 1.165) is 10.4 Å². The summed E-state index contributed by atoms with van der Waals surface area (Å²) in [6.07, 6.45) is 5.45. The van der Waals surface area contributed by atoms with Crippen LogP contribution < -0.4 is 14.8 Å². The number of hydrogen-bond acceptors (Lipinski definition) is 6. The molecule has 2 aromatic carbocycles. The Labute approximate surface area is 184 Å². The van der Waals surface area contributed by atoms with Crippen molar-refractivity contribution in [2.24, 2.45) is 0 Å². The van der Waals surface area contributed by atoms with Crippen LogP contribution in [-0.4, -0.2) is 28.0 Å². The predicted molar refractivity (Wildman–Crippen MR) is 119 cm³/mol. The molecule has 1 aliphatic rings. The Bertz CT molecular complexity index is 1250. The van der Waals surface area contributed by atoms with Crippen molar-refractivity contribution in [2.75, 3.05) is 19.0 Å². The molecule has 1 atom stereocenters. The van der Waals surface area contributed by atoms with E-state index in [9.17, 15) is 13.2 Å². The maximum atomic E-state index is 13.2. The number of rotatable bonds is 6. The van der Waals surface area contributed by atoms with Gasteiger partial charge in [0.25, 0.3) is 0 Å². The number of methoxy groups -OCH3 is 1. The summed E-state index contributed by atoms with van der Waals surface area (Å²) in [6.45, 7) is 0.173. The molecule has 0 spiro atoms. The second kappa shape index (κ2) is 8.46. The van der Waals surface area contributed by atoms with Gasteiger partial charge in [-0.25, -0.2) is 8.42 Å². The van der Waals surface area contributed by atoms with E-state index in [1.54, 1.807) is 29.6 Å². The molecule has 31 heavy (non-hydrogen) atoms. The maximum absolute atomic E-state index is 13.2. The molecule has 1 N–H and O–H groups in total. The van der Waals surface area contributed by atoms with Gasteiger partial charge < -0.3 is 14.8 Å². The molecule has 0 saturated carbocycles. The number of anilines is 1. The third kappa shape index (κ3) is 4.02. The van der Waals surface area contributed by atoms with Crippen molar-refractivity contribution in [3.63, 3.8) is 0 Å². The number of fused-ring (bicyclic) bond motifs is 1. The maximum Gasteiger partial charge on any atom is 0.225 e. The minimum absolute atomic E-state index is 0.102. The van der Waals surface area contributed by atoms with Gasteiger partial charge in [0.05, 0.1) is 17.7 Å². The Hall–Kier alpha value is -3.28. The standard InChI is InChI=1S/C23H19NO5S2/c1-3-12-29-17-6-4-15(5-7-17)19-13-21(25)24-22-20(14-30-23(19)22)31(26,27)18-10-8-16(28-2)9-11-18/h1,4-11,14,19H,12-13H2,2H3,(H,24,25)/t19-/m1/s1. The number of sulfone groups is 1. The van der Waals surface area contributed by atoms with Crippen LogP contribution in [0.3, 0.4) is 0 Å². The quantitative estimate of drug-likeness (QED) is 0.569. The van der Waals surface area contributed by atoms with Gasteiger partial charge in [-0.1, -0.05) is 18.1 Å². The number of thiophene rings is 1. The van der Waals surface area contributed by atoms with Gasteiger partial charge in [0.1, 0.15) is 23.0 Å². The summed E-state index contributed by atoms with van der Waals surface area (Å²) in [5.41, 5.74) is 1.26. The van der Waals surface area contributed by atoms with Crippen molar-refractivity contribution < 1.29 is 22.7 Å². The fraction of sp³-hybridized carbons (Fsp3) is 0.174. The fourth-order valence-electron chi connectivity index (χ4n) is 3.47. The molecule has 1 aromatic heterocycles. The average Bonchev–Trinajstić information content (AvgIpc) is 3.22. The Balaban J connectivity index is 1.70. The molecular weight excluding hydrogens is 434 g/mol. The third-order valence-corrected chi connectivity index (χ3v) is 8.06. The highest BCUT2D eigenvalue weighted by Gasteiger charge is 2.34. The summed E-state index contributed by atoms with van der Waals surface area (Å²) in [4.78, 5) is 13.5. The van der Waals surface area contributed by atoms with Gasteiger partial charge in [0, 0.05) is 22.6 Å². The van der Waals surface area contributed by atoms with Crippen LogP contribution in [-0.2, 0) is 14.6 Å². The molecule has 1 amide bonds. The number of terminal acetylenes is 1. The molecule has 3 aromatic rings. The lowest BCUT2D eigenvalue weighted by atomic mass is 9.90. The number of benzene rings is 2. The average molecular weight is 454 g/mol. The molecule has 2 heterocycles. The van der Waals surface area contributed by atoms with E-state index in [1.165, 1.54) is 30.6 Å². The number of hydrogen-bond donors (Lipinski definition) is 1. The highest BCUT2D eigenvalue weighted by molar-refractivity contribution is 7.91. The summed E-state index contributed by atoms with van der Waals surface area (Å²) >= 11 is 1.33. The van der Waals surface area contributed by atoms with Gasteiger partial charge in [-0.2, -0.15) is 0 Å². The Morgan fingerprint density at radius 1 is 1.13 bits per heavy atom. The van der Waals surface area contributed by atoms with Gasteiger partial charge in [-0.3, -0.25) is 4.79 Å². The monoisotopic (exact) mass is 453 g/mol. The zero-order valence-corrected chi connectivity index (χ0v) is 18.3. The molecule has 0 fully saturated rings. The first-order valence-electron chi connectivity index (χ1n) is 9.40. The second-order valence-electron chi connectivity index (χ2n) is 6.88. The highest BCUT2D eigenvalue weighted by atomic mass is 32.2. The molecule has 0 bridgehead atoms. The topological polar surface area (TPSA) is 81.7 Å². The zero-order chi connectivity index (χ0) is 22.0. The molecular formula is C23H19NO5S2. The number of carbonyl (C=O) groups excluding carboxylic acids is 1. The van der Waals surface area contributed by atoms with Crippen molar-refractivity contribution in [3.05, 3.63) is 64.4 Å². The SMILES string of the molecule is C#CCOc1ccc([C@H]2CC(=O)Nc3c(S(=O)(=O)c4ccc(OC)cc4)csc32)cc1. The lowest BCUT2D eigenvalue weighted by Crippen LogP contribution is -2.23. The molecule has 0 unspecified atom stereocenters. The van der Waals surface area contributed by atoms with Crippen molar-refractivity contribution >= 4 is 32.8 Å². The summed E-state index contributed by atoms with van der Waals surface area (Å²) < 4.78 is 37.0. The van der Waals surface area contributed by atoms with Gasteiger partial charge in [-0.15, -0.1) is 17.8 Å². The van der Waals surface area contributed by atoms with Crippen molar-refractivity contribution in [1.29, 1.82) is 0 Å². The van der Waals surface area contributed by atoms with Crippen LogP contribution in [0.5, 0.6) is 11.5 Å². The van der Waals surface area contributed by atoms with E-state index >= 15 is 0 Å². The van der Waals surface area contributed by atoms with Crippen LogP contribution in [0.2, 0.25) is 0 Å². The number of amides is 1. The molecule has 0 aliphatic carbocycles. The second-order valence-corrected chi connectivity index (χ2v) is 9.71. The molecule has 1 aliphatic heterocycles. The van der Waals surface area contributed by atoms with Gasteiger partial charge in [-0.05, 0) is 42.0 Å². The van der Waals surface area contributed by atoms with Crippen LogP contribution in [0.15, 0.2) is 63.7 Å². The van der Waals surface area contributed by atoms with Crippen molar-refractivity contribution in [1.82, 2.24) is 0 Å². The molecule has 0 radical (unpaired) electrons. The largest absolute Gasteiger partial charge is 0.497 e. The molecule has 4 rings (SSSR count). The van der Waals surface area contributed by atoms with E-state index in [0.29, 0.717) is 17.2 Å². The first-order valence-corrected chi connectivity index (χ1v) is 11.8. The van der Waals surface area contributed by atoms with Gasteiger partial charge in [0.15, 0.2) is 0 Å². The fourth-order valence-corrected chi connectivity index (χ4v) is 6.38. The van der Waals surface area contributed by atoms with Crippen LogP contribution in [0.4, 0.5) is 5.69 Å². The summed E-state index contributed by atoms with van der Waals surface area (Å²) in [5.74, 6) is 3.14. The minimum atomic E-state index is -3.81. The Kier molecular flexibility index (Phi) is 5.72. The van der Waals surface area contributed by atoms with Crippen LogP contribution in [0.25, 0.3) is 0 Å². The smallest absolute Gasteiger partial charge is 0.225 e. The number of nitrogens with one attached hydrogen (secondary N) is 1. The minimum Gasteiger partial charge on any atom is -0.497 e. The van der Waals surface area contributed by atoms with E-state index in [1.807, 2.05) is 12.1 Å². The molecule has 0 saturated heterocycles.